The summed E-state index contributed by atoms with van der Waals surface area (Å²) in [4.78, 5) is 27.4. The Labute approximate surface area is 217 Å². The highest BCUT2D eigenvalue weighted by Gasteiger charge is 2.34. The van der Waals surface area contributed by atoms with E-state index in [1.807, 2.05) is 24.3 Å². The van der Waals surface area contributed by atoms with Crippen LogP contribution in [0.1, 0.15) is 39.9 Å². The summed E-state index contributed by atoms with van der Waals surface area (Å²) in [7, 11) is -3.12. The molecule has 198 valence electrons. The van der Waals surface area contributed by atoms with Crippen LogP contribution in [0.25, 0.3) is 12.2 Å². The lowest BCUT2D eigenvalue weighted by atomic mass is 9.92. The molecule has 2 fully saturated rings. The molecule has 0 aliphatic carbocycles. The molecule has 0 radical (unpaired) electrons. The summed E-state index contributed by atoms with van der Waals surface area (Å²) in [5, 5.41) is 11.8. The van der Waals surface area contributed by atoms with Gasteiger partial charge in [0.1, 0.15) is 15.9 Å². The number of hydrogen-bond donors (Lipinski definition) is 3. The minimum absolute atomic E-state index is 0.0413. The van der Waals surface area contributed by atoms with Gasteiger partial charge in [0.25, 0.3) is 11.8 Å². The molecule has 2 aromatic carbocycles. The van der Waals surface area contributed by atoms with Crippen LogP contribution in [0.15, 0.2) is 48.5 Å². The van der Waals surface area contributed by atoms with Crippen molar-refractivity contribution in [1.29, 1.82) is 0 Å². The van der Waals surface area contributed by atoms with Gasteiger partial charge in [-0.15, -0.1) is 0 Å². The molecule has 1 atom stereocenters. The molecular weight excluding hydrogens is 494 g/mol. The van der Waals surface area contributed by atoms with Crippen molar-refractivity contribution in [3.8, 4) is 0 Å². The zero-order valence-electron chi connectivity index (χ0n) is 20.6. The van der Waals surface area contributed by atoms with Gasteiger partial charge in [-0.05, 0) is 47.6 Å². The normalized spacial score (nSPS) is 19.4. The van der Waals surface area contributed by atoms with Crippen LogP contribution in [0, 0.1) is 5.92 Å². The second kappa shape index (κ2) is 12.5. The van der Waals surface area contributed by atoms with Gasteiger partial charge >= 0.3 is 0 Å². The number of nitrogens with zero attached hydrogens (tertiary/aromatic N) is 1. The Kier molecular flexibility index (Phi) is 9.09. The van der Waals surface area contributed by atoms with E-state index < -0.39 is 27.7 Å². The summed E-state index contributed by atoms with van der Waals surface area (Å²) >= 11 is 0. The molecule has 0 saturated carbocycles. The van der Waals surface area contributed by atoms with Crippen molar-refractivity contribution in [3.05, 3.63) is 70.8 Å². The second-order valence-electron chi connectivity index (χ2n) is 9.50. The van der Waals surface area contributed by atoms with Crippen LogP contribution in [0.4, 0.5) is 0 Å². The Bertz CT molecular complexity index is 1190. The Morgan fingerprint density at radius 3 is 2.11 bits per heavy atom. The predicted octanol–water partition coefficient (Wildman–Crippen LogP) is 2.12. The number of morpholine rings is 1. The fraction of sp³-hybridized carbons (Fsp3) is 0.407. The highest BCUT2D eigenvalue weighted by atomic mass is 32.2. The average molecular weight is 528 g/mol. The molecule has 0 aromatic heterocycles. The quantitative estimate of drug-likeness (QED) is 0.273. The van der Waals surface area contributed by atoms with Crippen LogP contribution in [-0.4, -0.2) is 74.2 Å². The second-order valence-corrected chi connectivity index (χ2v) is 11.8. The van der Waals surface area contributed by atoms with E-state index in [0.29, 0.717) is 5.56 Å². The standard InChI is InChI=1S/C27H33N3O6S/c31-26(28-25(27(32)29-33)23-11-17-37(34,35)18-12-23)24-9-7-21(8-10-24)2-1-20-3-5-22(6-4-20)19-30-13-15-36-16-14-30/h1-10,23,25,33H,11-19H2,(H,28,31)(H,29,32)/b2-1+/t25-/m0/s1. The van der Waals surface area contributed by atoms with Crippen molar-refractivity contribution < 1.29 is 28.0 Å². The van der Waals surface area contributed by atoms with Crippen LogP contribution < -0.4 is 10.8 Å². The van der Waals surface area contributed by atoms with E-state index in [0.717, 1.165) is 44.0 Å². The maximum absolute atomic E-state index is 12.8. The monoisotopic (exact) mass is 527 g/mol. The maximum atomic E-state index is 12.8. The van der Waals surface area contributed by atoms with E-state index in [9.17, 15) is 18.0 Å². The van der Waals surface area contributed by atoms with E-state index in [2.05, 4.69) is 34.5 Å². The number of sulfone groups is 1. The van der Waals surface area contributed by atoms with Crippen LogP contribution in [0.3, 0.4) is 0 Å². The first kappa shape index (κ1) is 27.0. The van der Waals surface area contributed by atoms with Gasteiger partial charge in [0.15, 0.2) is 0 Å². The van der Waals surface area contributed by atoms with Gasteiger partial charge in [0, 0.05) is 25.2 Å². The van der Waals surface area contributed by atoms with E-state index >= 15 is 0 Å². The van der Waals surface area contributed by atoms with Gasteiger partial charge < -0.3 is 10.1 Å². The molecule has 0 bridgehead atoms. The number of carbonyl (C=O) groups is 2. The van der Waals surface area contributed by atoms with Crippen LogP contribution in [0.5, 0.6) is 0 Å². The van der Waals surface area contributed by atoms with Crippen molar-refractivity contribution in [2.75, 3.05) is 37.8 Å². The smallest absolute Gasteiger partial charge is 0.266 e. The molecule has 0 unspecified atom stereocenters. The zero-order chi connectivity index (χ0) is 26.3. The van der Waals surface area contributed by atoms with E-state index in [1.54, 1.807) is 17.6 Å². The van der Waals surface area contributed by atoms with Crippen LogP contribution in [-0.2, 0) is 25.9 Å². The first-order valence-electron chi connectivity index (χ1n) is 12.5. The molecule has 2 saturated heterocycles. The van der Waals surface area contributed by atoms with Gasteiger partial charge in [-0.2, -0.15) is 0 Å². The number of hydroxylamine groups is 1. The summed E-state index contributed by atoms with van der Waals surface area (Å²) in [6.07, 6.45) is 4.47. The molecule has 2 aliphatic heterocycles. The number of rotatable bonds is 8. The molecule has 0 spiro atoms. The van der Waals surface area contributed by atoms with Gasteiger partial charge in [-0.25, -0.2) is 13.9 Å². The number of ether oxygens (including phenoxy) is 1. The topological polar surface area (TPSA) is 125 Å². The Morgan fingerprint density at radius 2 is 1.54 bits per heavy atom. The Balaban J connectivity index is 1.33. The number of hydrogen-bond acceptors (Lipinski definition) is 7. The summed E-state index contributed by atoms with van der Waals surface area (Å²) in [5.74, 6) is -1.68. The third-order valence-electron chi connectivity index (χ3n) is 6.88. The van der Waals surface area contributed by atoms with Crippen molar-refractivity contribution in [2.24, 2.45) is 5.92 Å². The number of benzene rings is 2. The van der Waals surface area contributed by atoms with E-state index in [-0.39, 0.29) is 30.3 Å². The molecule has 2 aliphatic rings. The molecule has 9 nitrogen and oxygen atoms in total. The predicted molar refractivity (Wildman–Crippen MR) is 140 cm³/mol. The van der Waals surface area contributed by atoms with Gasteiger partial charge in [0.2, 0.25) is 0 Å². The molecular formula is C27H33N3O6S. The van der Waals surface area contributed by atoms with E-state index in [1.165, 1.54) is 5.56 Å². The molecule has 2 aromatic rings. The molecule has 37 heavy (non-hydrogen) atoms. The summed E-state index contributed by atoms with van der Waals surface area (Å²) in [5.41, 5.74) is 5.19. The lowest BCUT2D eigenvalue weighted by Crippen LogP contribution is -2.51. The number of nitrogens with one attached hydrogen (secondary N) is 2. The summed E-state index contributed by atoms with van der Waals surface area (Å²) < 4.78 is 28.8. The van der Waals surface area contributed by atoms with Crippen molar-refractivity contribution in [1.82, 2.24) is 15.7 Å². The van der Waals surface area contributed by atoms with E-state index in [4.69, 9.17) is 9.94 Å². The van der Waals surface area contributed by atoms with Gasteiger partial charge in [-0.1, -0.05) is 48.6 Å². The maximum Gasteiger partial charge on any atom is 0.266 e. The number of carbonyl (C=O) groups excluding carboxylic acids is 2. The minimum Gasteiger partial charge on any atom is -0.379 e. The van der Waals surface area contributed by atoms with Gasteiger partial charge in [-0.3, -0.25) is 19.7 Å². The Hall–Kier alpha value is -3.05. The molecule has 2 amide bonds. The third-order valence-corrected chi connectivity index (χ3v) is 8.60. The van der Waals surface area contributed by atoms with Crippen LogP contribution in [0.2, 0.25) is 0 Å². The van der Waals surface area contributed by atoms with Crippen molar-refractivity contribution >= 4 is 33.8 Å². The zero-order valence-corrected chi connectivity index (χ0v) is 21.5. The largest absolute Gasteiger partial charge is 0.379 e. The highest BCUT2D eigenvalue weighted by Crippen LogP contribution is 2.23. The highest BCUT2D eigenvalue weighted by molar-refractivity contribution is 7.91. The lowest BCUT2D eigenvalue weighted by Gasteiger charge is -2.29. The molecule has 3 N–H and O–H groups in total. The fourth-order valence-corrected chi connectivity index (χ4v) is 6.15. The van der Waals surface area contributed by atoms with Crippen molar-refractivity contribution in [2.45, 2.75) is 25.4 Å². The minimum atomic E-state index is -3.12. The SMILES string of the molecule is O=C(N[C@H](C(=O)NO)C1CCS(=O)(=O)CC1)c1ccc(/C=C/c2ccc(CN3CCOCC3)cc2)cc1. The first-order chi connectivity index (χ1) is 17.8. The fourth-order valence-electron chi connectivity index (χ4n) is 4.62. The summed E-state index contributed by atoms with van der Waals surface area (Å²) in [6.45, 7) is 4.39. The summed E-state index contributed by atoms with van der Waals surface area (Å²) in [6, 6.07) is 14.4. The Morgan fingerprint density at radius 1 is 0.973 bits per heavy atom. The lowest BCUT2D eigenvalue weighted by molar-refractivity contribution is -0.132. The average Bonchev–Trinajstić information content (AvgIpc) is 2.92. The molecule has 10 heteroatoms. The van der Waals surface area contributed by atoms with Crippen molar-refractivity contribution in [3.63, 3.8) is 0 Å². The molecule has 2 heterocycles. The van der Waals surface area contributed by atoms with Crippen LogP contribution >= 0.6 is 0 Å². The van der Waals surface area contributed by atoms with Gasteiger partial charge in [0.05, 0.1) is 24.7 Å². The number of amides is 2. The molecule has 4 rings (SSSR count). The first-order valence-corrected chi connectivity index (χ1v) is 14.3. The third kappa shape index (κ3) is 7.72.